The van der Waals surface area contributed by atoms with Crippen molar-refractivity contribution in [2.45, 2.75) is 6.54 Å². The molecular formula is C12H13BrN4O2. The van der Waals surface area contributed by atoms with Gasteiger partial charge < -0.3 is 15.6 Å². The summed E-state index contributed by atoms with van der Waals surface area (Å²) in [5, 5.41) is 2.71. The monoisotopic (exact) mass is 324 g/mol. The van der Waals surface area contributed by atoms with E-state index in [9.17, 15) is 9.59 Å². The molecule has 0 atom stereocenters. The number of nitrogens with one attached hydrogen (secondary N) is 1. The van der Waals surface area contributed by atoms with Gasteiger partial charge in [0, 0.05) is 29.6 Å². The zero-order valence-corrected chi connectivity index (χ0v) is 11.8. The minimum atomic E-state index is -0.279. The predicted molar refractivity (Wildman–Crippen MR) is 76.9 cm³/mol. The molecule has 2 rings (SSSR count). The van der Waals surface area contributed by atoms with Crippen LogP contribution in [-0.2, 0) is 18.4 Å². The molecule has 7 heteroatoms. The van der Waals surface area contributed by atoms with E-state index in [1.165, 1.54) is 9.13 Å². The van der Waals surface area contributed by atoms with Crippen LogP contribution in [0, 0.1) is 0 Å². The summed E-state index contributed by atoms with van der Waals surface area (Å²) in [5.41, 5.74) is 6.60. The van der Waals surface area contributed by atoms with Gasteiger partial charge in [0.2, 0.25) is 5.91 Å². The van der Waals surface area contributed by atoms with E-state index in [1.807, 2.05) is 0 Å². The number of nitrogens with zero attached hydrogens (tertiary/aromatic N) is 2. The molecule has 0 bridgehead atoms. The van der Waals surface area contributed by atoms with Crippen LogP contribution in [0.1, 0.15) is 0 Å². The summed E-state index contributed by atoms with van der Waals surface area (Å²) < 4.78 is 3.44. The van der Waals surface area contributed by atoms with Crippen LogP contribution in [0.3, 0.4) is 0 Å². The van der Waals surface area contributed by atoms with Crippen molar-refractivity contribution in [1.29, 1.82) is 0 Å². The number of carbonyl (C=O) groups is 1. The number of hydrogen-bond acceptors (Lipinski definition) is 3. The van der Waals surface area contributed by atoms with E-state index in [0.29, 0.717) is 15.8 Å². The fourth-order valence-electron chi connectivity index (χ4n) is 1.61. The lowest BCUT2D eigenvalue weighted by molar-refractivity contribution is -0.116. The number of rotatable bonds is 3. The van der Waals surface area contributed by atoms with Crippen molar-refractivity contribution in [3.63, 3.8) is 0 Å². The number of hydrogen-bond donors (Lipinski definition) is 2. The molecule has 1 heterocycles. The van der Waals surface area contributed by atoms with Gasteiger partial charge in [-0.25, -0.2) is 4.79 Å². The third kappa shape index (κ3) is 3.05. The summed E-state index contributed by atoms with van der Waals surface area (Å²) in [7, 11) is 1.63. The third-order valence-electron chi connectivity index (χ3n) is 2.60. The summed E-state index contributed by atoms with van der Waals surface area (Å²) in [6, 6.07) is 5.09. The zero-order chi connectivity index (χ0) is 14.0. The lowest BCUT2D eigenvalue weighted by Gasteiger charge is -2.08. The Morgan fingerprint density at radius 3 is 2.74 bits per heavy atom. The van der Waals surface area contributed by atoms with Crippen LogP contribution in [0.4, 0.5) is 11.4 Å². The van der Waals surface area contributed by atoms with Crippen molar-refractivity contribution >= 4 is 33.2 Å². The van der Waals surface area contributed by atoms with Crippen LogP contribution in [0.5, 0.6) is 0 Å². The maximum absolute atomic E-state index is 11.8. The Morgan fingerprint density at radius 2 is 2.16 bits per heavy atom. The first kappa shape index (κ1) is 13.4. The fraction of sp³-hybridized carbons (Fsp3) is 0.167. The van der Waals surface area contributed by atoms with E-state index in [-0.39, 0.29) is 18.1 Å². The third-order valence-corrected chi connectivity index (χ3v) is 3.25. The lowest BCUT2D eigenvalue weighted by atomic mass is 10.3. The second-order valence-electron chi connectivity index (χ2n) is 4.11. The van der Waals surface area contributed by atoms with Crippen molar-refractivity contribution in [2.24, 2.45) is 7.05 Å². The number of aryl methyl sites for hydroxylation is 1. The molecule has 3 N–H and O–H groups in total. The summed E-state index contributed by atoms with van der Waals surface area (Å²) in [4.78, 5) is 23.4. The number of amides is 1. The van der Waals surface area contributed by atoms with Crippen LogP contribution >= 0.6 is 15.9 Å². The van der Waals surface area contributed by atoms with Crippen LogP contribution in [-0.4, -0.2) is 15.0 Å². The molecule has 1 amide bonds. The average molecular weight is 325 g/mol. The first-order valence-corrected chi connectivity index (χ1v) is 6.33. The van der Waals surface area contributed by atoms with Crippen molar-refractivity contribution in [2.75, 3.05) is 11.1 Å². The molecule has 0 radical (unpaired) electrons. The van der Waals surface area contributed by atoms with Crippen LogP contribution in [0.15, 0.2) is 39.9 Å². The molecule has 0 saturated carbocycles. The second kappa shape index (κ2) is 5.31. The lowest BCUT2D eigenvalue weighted by Crippen LogP contribution is -2.28. The first-order chi connectivity index (χ1) is 8.97. The zero-order valence-electron chi connectivity index (χ0n) is 10.3. The van der Waals surface area contributed by atoms with E-state index in [0.717, 1.165) is 0 Å². The fourth-order valence-corrected chi connectivity index (χ4v) is 2.10. The molecule has 19 heavy (non-hydrogen) atoms. The molecule has 1 aromatic carbocycles. The standard InChI is InChI=1S/C12H13BrN4O2/c1-16-4-5-17(12(16)19)7-11(18)15-10-3-2-8(14)6-9(10)13/h2-6H,7,14H2,1H3,(H,15,18). The molecule has 0 saturated heterocycles. The van der Waals surface area contributed by atoms with Gasteiger partial charge in [-0.1, -0.05) is 0 Å². The maximum atomic E-state index is 11.8. The van der Waals surface area contributed by atoms with Gasteiger partial charge in [-0.15, -0.1) is 0 Å². The Hall–Kier alpha value is -2.02. The molecule has 100 valence electrons. The van der Waals surface area contributed by atoms with Crippen molar-refractivity contribution in [3.8, 4) is 0 Å². The number of benzene rings is 1. The van der Waals surface area contributed by atoms with Gasteiger partial charge in [-0.3, -0.25) is 9.36 Å². The van der Waals surface area contributed by atoms with E-state index >= 15 is 0 Å². The number of halogens is 1. The van der Waals surface area contributed by atoms with Crippen LogP contribution in [0.25, 0.3) is 0 Å². The Bertz CT molecular complexity index is 675. The van der Waals surface area contributed by atoms with Crippen LogP contribution in [0.2, 0.25) is 0 Å². The predicted octanol–water partition coefficient (Wildman–Crippen LogP) is 1.17. The maximum Gasteiger partial charge on any atom is 0.328 e. The molecule has 0 unspecified atom stereocenters. The number of nitrogen functional groups attached to an aromatic ring is 1. The summed E-state index contributed by atoms with van der Waals surface area (Å²) >= 11 is 3.31. The highest BCUT2D eigenvalue weighted by molar-refractivity contribution is 9.10. The Morgan fingerprint density at radius 1 is 1.42 bits per heavy atom. The normalized spacial score (nSPS) is 10.4. The van der Waals surface area contributed by atoms with Crippen LogP contribution < -0.4 is 16.7 Å². The summed E-state index contributed by atoms with van der Waals surface area (Å²) in [6.07, 6.45) is 3.18. The molecule has 6 nitrogen and oxygen atoms in total. The van der Waals surface area contributed by atoms with Gasteiger partial charge >= 0.3 is 5.69 Å². The highest BCUT2D eigenvalue weighted by Crippen LogP contribution is 2.24. The van der Waals surface area contributed by atoms with Gasteiger partial charge in [0.05, 0.1) is 5.69 Å². The SMILES string of the molecule is Cn1ccn(CC(=O)Nc2ccc(N)cc2Br)c1=O. The highest BCUT2D eigenvalue weighted by Gasteiger charge is 2.08. The van der Waals surface area contributed by atoms with Gasteiger partial charge in [-0.2, -0.15) is 0 Å². The van der Waals surface area contributed by atoms with Gasteiger partial charge in [0.25, 0.3) is 0 Å². The number of aromatic nitrogens is 2. The largest absolute Gasteiger partial charge is 0.399 e. The van der Waals surface area contributed by atoms with E-state index < -0.39 is 0 Å². The summed E-state index contributed by atoms with van der Waals surface area (Å²) in [5.74, 6) is -0.279. The first-order valence-electron chi connectivity index (χ1n) is 5.54. The van der Waals surface area contributed by atoms with E-state index in [1.54, 1.807) is 37.6 Å². The van der Waals surface area contributed by atoms with Gasteiger partial charge in [0.15, 0.2) is 0 Å². The number of nitrogens with two attached hydrogens (primary N) is 1. The molecule has 0 fully saturated rings. The van der Waals surface area contributed by atoms with Crippen molar-refractivity contribution in [3.05, 3.63) is 45.5 Å². The molecule has 0 aliphatic rings. The topological polar surface area (TPSA) is 82.1 Å². The number of carbonyl (C=O) groups excluding carboxylic acids is 1. The minimum Gasteiger partial charge on any atom is -0.399 e. The molecule has 0 aliphatic carbocycles. The molecule has 0 spiro atoms. The van der Waals surface area contributed by atoms with Crippen molar-refractivity contribution < 1.29 is 4.79 Å². The molecule has 0 aliphatic heterocycles. The second-order valence-corrected chi connectivity index (χ2v) is 4.96. The molecule has 2 aromatic rings. The molecular weight excluding hydrogens is 312 g/mol. The van der Waals surface area contributed by atoms with E-state index in [4.69, 9.17) is 5.73 Å². The smallest absolute Gasteiger partial charge is 0.328 e. The Balaban J connectivity index is 2.09. The number of anilines is 2. The average Bonchev–Trinajstić information content (AvgIpc) is 2.65. The molecule has 1 aromatic heterocycles. The summed E-state index contributed by atoms with van der Waals surface area (Å²) in [6.45, 7) is -0.0313. The van der Waals surface area contributed by atoms with Gasteiger partial charge in [0.1, 0.15) is 6.54 Å². The number of imidazole rings is 1. The Labute approximate surface area is 118 Å². The van der Waals surface area contributed by atoms with Crippen molar-refractivity contribution in [1.82, 2.24) is 9.13 Å². The van der Waals surface area contributed by atoms with E-state index in [2.05, 4.69) is 21.2 Å². The van der Waals surface area contributed by atoms with Gasteiger partial charge in [-0.05, 0) is 34.1 Å². The quantitative estimate of drug-likeness (QED) is 0.831. The minimum absolute atomic E-state index is 0.0313. The highest BCUT2D eigenvalue weighted by atomic mass is 79.9. The Kier molecular flexibility index (Phi) is 3.75.